The number of nitrogens with zero attached hydrogens (tertiary/aromatic N) is 3. The molecule has 1 aliphatic carbocycles. The molecule has 1 aliphatic heterocycles. The molecule has 1 saturated carbocycles. The maximum absolute atomic E-state index is 13.6. The van der Waals surface area contributed by atoms with Crippen LogP contribution in [0.2, 0.25) is 0 Å². The highest BCUT2D eigenvalue weighted by molar-refractivity contribution is 7.98. The van der Waals surface area contributed by atoms with Crippen LogP contribution in [0.25, 0.3) is 0 Å². The van der Waals surface area contributed by atoms with E-state index in [2.05, 4.69) is 24.4 Å². The Kier molecular flexibility index (Phi) is 8.14. The van der Waals surface area contributed by atoms with Crippen LogP contribution in [-0.4, -0.2) is 33.4 Å². The van der Waals surface area contributed by atoms with Gasteiger partial charge in [0.25, 0.3) is 0 Å². The van der Waals surface area contributed by atoms with E-state index in [1.165, 1.54) is 12.0 Å². The Morgan fingerprint density at radius 2 is 1.84 bits per heavy atom. The molecule has 1 atom stereocenters. The van der Waals surface area contributed by atoms with Crippen LogP contribution in [0, 0.1) is 0 Å². The number of thioether (sulfide) groups is 1. The van der Waals surface area contributed by atoms with Crippen molar-refractivity contribution in [3.8, 4) is 5.75 Å². The Balaban J connectivity index is 1.44. The van der Waals surface area contributed by atoms with E-state index < -0.39 is 6.04 Å². The zero-order valence-electron chi connectivity index (χ0n) is 21.5. The number of benzene rings is 2. The zero-order valence-corrected chi connectivity index (χ0v) is 22.3. The number of esters is 1. The van der Waals surface area contributed by atoms with Gasteiger partial charge >= 0.3 is 5.97 Å². The quantitative estimate of drug-likeness (QED) is 0.255. The highest BCUT2D eigenvalue weighted by atomic mass is 32.2. The zero-order chi connectivity index (χ0) is 25.6. The largest absolute Gasteiger partial charge is 0.494 e. The van der Waals surface area contributed by atoms with Gasteiger partial charge in [-0.2, -0.15) is 4.98 Å². The highest BCUT2D eigenvalue weighted by Gasteiger charge is 2.36. The lowest BCUT2D eigenvalue weighted by molar-refractivity contribution is -0.146. The van der Waals surface area contributed by atoms with Crippen molar-refractivity contribution in [3.05, 3.63) is 77.0 Å². The summed E-state index contributed by atoms with van der Waals surface area (Å²) in [6.07, 6.45) is 6.18. The van der Waals surface area contributed by atoms with Gasteiger partial charge in [-0.05, 0) is 62.3 Å². The van der Waals surface area contributed by atoms with Crippen LogP contribution in [0.3, 0.4) is 0 Å². The number of allylic oxidation sites excluding steroid dienone is 1. The van der Waals surface area contributed by atoms with Crippen LogP contribution < -0.4 is 10.1 Å². The standard InChI is InChI=1S/C29H34N4O3S/c1-3-18-35-23-16-14-22(15-17-23)26-25(27(34)36-24-12-8-5-9-13-24)20(2)30-28-31-29(32-33(26)28)37-19-21-10-6-4-7-11-21/h4,6-7,10-11,14-17,24,26H,3,5,8-9,12-13,18-19H2,1-2H3,(H,30,31,32). The number of aromatic nitrogens is 3. The molecule has 0 spiro atoms. The van der Waals surface area contributed by atoms with Gasteiger partial charge in [0.2, 0.25) is 11.1 Å². The molecule has 1 aromatic heterocycles. The second kappa shape index (κ2) is 11.9. The average molecular weight is 519 g/mol. The summed E-state index contributed by atoms with van der Waals surface area (Å²) in [5.74, 6) is 1.91. The molecular weight excluding hydrogens is 484 g/mol. The van der Waals surface area contributed by atoms with Crippen molar-refractivity contribution in [1.82, 2.24) is 14.8 Å². The number of carbonyl (C=O) groups excluding carboxylic acids is 1. The Labute approximate surface area is 222 Å². The average Bonchev–Trinajstić information content (AvgIpc) is 3.33. The van der Waals surface area contributed by atoms with Crippen LogP contribution in [0.1, 0.15) is 69.5 Å². The van der Waals surface area contributed by atoms with Crippen molar-refractivity contribution in [3.63, 3.8) is 0 Å². The molecule has 3 aromatic rings. The second-order valence-electron chi connectivity index (χ2n) is 9.59. The van der Waals surface area contributed by atoms with Gasteiger partial charge in [0, 0.05) is 11.4 Å². The summed E-state index contributed by atoms with van der Waals surface area (Å²) in [7, 11) is 0. The third-order valence-electron chi connectivity index (χ3n) is 6.76. The molecule has 0 saturated heterocycles. The van der Waals surface area contributed by atoms with Gasteiger partial charge in [-0.1, -0.05) is 67.6 Å². The minimum absolute atomic E-state index is 0.0267. The van der Waals surface area contributed by atoms with Gasteiger partial charge in [0.1, 0.15) is 17.9 Å². The summed E-state index contributed by atoms with van der Waals surface area (Å²) in [5.41, 5.74) is 3.46. The van der Waals surface area contributed by atoms with Crippen molar-refractivity contribution in [2.45, 2.75) is 75.4 Å². The maximum Gasteiger partial charge on any atom is 0.338 e. The summed E-state index contributed by atoms with van der Waals surface area (Å²) in [5, 5.41) is 8.82. The number of fused-ring (bicyclic) bond motifs is 1. The van der Waals surface area contributed by atoms with E-state index in [0.29, 0.717) is 23.3 Å². The molecule has 2 aromatic carbocycles. The van der Waals surface area contributed by atoms with Gasteiger partial charge in [-0.3, -0.25) is 0 Å². The monoisotopic (exact) mass is 518 g/mol. The van der Waals surface area contributed by atoms with Crippen molar-refractivity contribution in [2.24, 2.45) is 0 Å². The Morgan fingerprint density at radius 1 is 1.08 bits per heavy atom. The first-order valence-corrected chi connectivity index (χ1v) is 14.2. The molecule has 2 heterocycles. The normalized spacial score (nSPS) is 17.7. The molecule has 0 amide bonds. The van der Waals surface area contributed by atoms with E-state index in [-0.39, 0.29) is 12.1 Å². The van der Waals surface area contributed by atoms with Gasteiger partial charge < -0.3 is 14.8 Å². The lowest BCUT2D eigenvalue weighted by Crippen LogP contribution is -2.32. The highest BCUT2D eigenvalue weighted by Crippen LogP contribution is 2.38. The van der Waals surface area contributed by atoms with Crippen LogP contribution >= 0.6 is 11.8 Å². The summed E-state index contributed by atoms with van der Waals surface area (Å²) < 4.78 is 13.6. The molecular formula is C29H34N4O3S. The summed E-state index contributed by atoms with van der Waals surface area (Å²) in [6.45, 7) is 4.67. The van der Waals surface area contributed by atoms with E-state index in [0.717, 1.165) is 54.9 Å². The molecule has 0 radical (unpaired) electrons. The van der Waals surface area contributed by atoms with Gasteiger partial charge in [-0.15, -0.1) is 5.10 Å². The van der Waals surface area contributed by atoms with E-state index in [1.54, 1.807) is 11.8 Å². The van der Waals surface area contributed by atoms with Crippen molar-refractivity contribution < 1.29 is 14.3 Å². The molecule has 37 heavy (non-hydrogen) atoms. The van der Waals surface area contributed by atoms with E-state index in [1.807, 2.05) is 54.1 Å². The van der Waals surface area contributed by atoms with Crippen LogP contribution in [0.15, 0.2) is 71.0 Å². The molecule has 194 valence electrons. The first-order valence-electron chi connectivity index (χ1n) is 13.2. The third-order valence-corrected chi connectivity index (χ3v) is 7.67. The number of anilines is 1. The fourth-order valence-electron chi connectivity index (χ4n) is 4.85. The lowest BCUT2D eigenvalue weighted by Gasteiger charge is -2.30. The maximum atomic E-state index is 13.6. The first-order chi connectivity index (χ1) is 18.1. The van der Waals surface area contributed by atoms with Gasteiger partial charge in [0.15, 0.2) is 0 Å². The number of ether oxygens (including phenoxy) is 2. The van der Waals surface area contributed by atoms with Crippen molar-refractivity contribution in [2.75, 3.05) is 11.9 Å². The Hall–Kier alpha value is -3.26. The number of hydrogen-bond acceptors (Lipinski definition) is 7. The number of hydrogen-bond donors (Lipinski definition) is 1. The van der Waals surface area contributed by atoms with Crippen LogP contribution in [0.4, 0.5) is 5.95 Å². The van der Waals surface area contributed by atoms with Crippen LogP contribution in [-0.2, 0) is 15.3 Å². The molecule has 5 rings (SSSR count). The molecule has 0 bridgehead atoms. The molecule has 1 N–H and O–H groups in total. The molecule has 1 unspecified atom stereocenters. The van der Waals surface area contributed by atoms with E-state index in [4.69, 9.17) is 19.6 Å². The topological polar surface area (TPSA) is 78.3 Å². The second-order valence-corrected chi connectivity index (χ2v) is 10.5. The Bertz CT molecular complexity index is 1230. The minimum Gasteiger partial charge on any atom is -0.494 e. The van der Waals surface area contributed by atoms with Gasteiger partial charge in [0.05, 0.1) is 12.2 Å². The molecule has 8 heteroatoms. The third kappa shape index (κ3) is 6.01. The fourth-order valence-corrected chi connectivity index (χ4v) is 5.64. The number of nitrogens with one attached hydrogen (secondary N) is 1. The van der Waals surface area contributed by atoms with E-state index in [9.17, 15) is 4.79 Å². The summed E-state index contributed by atoms with van der Waals surface area (Å²) >= 11 is 1.58. The van der Waals surface area contributed by atoms with Crippen LogP contribution in [0.5, 0.6) is 5.75 Å². The number of carbonyl (C=O) groups is 1. The minimum atomic E-state index is -0.439. The fraction of sp³-hybridized carbons (Fsp3) is 0.414. The smallest absolute Gasteiger partial charge is 0.338 e. The predicted octanol–water partition coefficient (Wildman–Crippen LogP) is 6.52. The molecule has 1 fully saturated rings. The SMILES string of the molecule is CCCOc1ccc(C2C(C(=O)OC3CCCCC3)=C(C)Nc3nc(SCc4ccccc4)nn32)cc1. The van der Waals surface area contributed by atoms with Crippen molar-refractivity contribution in [1.29, 1.82) is 0 Å². The molecule has 2 aliphatic rings. The lowest BCUT2D eigenvalue weighted by atomic mass is 9.95. The summed E-state index contributed by atoms with van der Waals surface area (Å²) in [4.78, 5) is 18.3. The Morgan fingerprint density at radius 3 is 2.57 bits per heavy atom. The number of rotatable bonds is 9. The van der Waals surface area contributed by atoms with Crippen molar-refractivity contribution >= 4 is 23.7 Å². The predicted molar refractivity (Wildman–Crippen MR) is 146 cm³/mol. The van der Waals surface area contributed by atoms with Gasteiger partial charge in [-0.25, -0.2) is 9.48 Å². The molecule has 7 nitrogen and oxygen atoms in total. The van der Waals surface area contributed by atoms with E-state index >= 15 is 0 Å². The summed E-state index contributed by atoms with van der Waals surface area (Å²) in [6, 6.07) is 17.7. The first kappa shape index (κ1) is 25.4.